The highest BCUT2D eigenvalue weighted by molar-refractivity contribution is 5.03. The first-order valence-corrected chi connectivity index (χ1v) is 5.42. The van der Waals surface area contributed by atoms with E-state index in [1.165, 1.54) is 0 Å². The van der Waals surface area contributed by atoms with Crippen molar-refractivity contribution in [3.8, 4) is 0 Å². The number of hydrogen-bond donors (Lipinski definition) is 1. The van der Waals surface area contributed by atoms with Gasteiger partial charge >= 0.3 is 0 Å². The predicted octanol–water partition coefficient (Wildman–Crippen LogP) is 1.33. The fourth-order valence-corrected chi connectivity index (χ4v) is 1.91. The minimum Gasteiger partial charge on any atom is -0.390 e. The molecule has 0 aromatic carbocycles. The zero-order valence-corrected chi connectivity index (χ0v) is 9.36. The van der Waals surface area contributed by atoms with E-state index in [-0.39, 0.29) is 0 Å². The van der Waals surface area contributed by atoms with Gasteiger partial charge in [0.2, 0.25) is 0 Å². The highest BCUT2D eigenvalue weighted by atomic mass is 16.5. The maximum atomic E-state index is 9.80. The number of piperidine rings is 1. The Morgan fingerprint density at radius 1 is 1.53 bits per heavy atom. The summed E-state index contributed by atoms with van der Waals surface area (Å²) in [5.41, 5.74) is 0.505. The monoisotopic (exact) mass is 210 g/mol. The Balaban J connectivity index is 1.87. The Kier molecular flexibility index (Phi) is 2.80. The summed E-state index contributed by atoms with van der Waals surface area (Å²) in [5.74, 6) is 0.856. The van der Waals surface area contributed by atoms with Crippen LogP contribution in [0, 0.1) is 6.92 Å². The summed E-state index contributed by atoms with van der Waals surface area (Å²) in [6.45, 7) is 6.49. The lowest BCUT2D eigenvalue weighted by molar-refractivity contribution is -0.00773. The van der Waals surface area contributed by atoms with E-state index in [1.807, 2.05) is 19.9 Å². The van der Waals surface area contributed by atoms with E-state index in [4.69, 9.17) is 4.52 Å². The molecule has 1 saturated heterocycles. The molecular weight excluding hydrogens is 192 g/mol. The van der Waals surface area contributed by atoms with Crippen molar-refractivity contribution < 1.29 is 9.63 Å². The third kappa shape index (κ3) is 2.79. The fraction of sp³-hybridized carbons (Fsp3) is 0.727. The van der Waals surface area contributed by atoms with Crippen LogP contribution < -0.4 is 0 Å². The summed E-state index contributed by atoms with van der Waals surface area (Å²) >= 11 is 0. The minimum absolute atomic E-state index is 0.476. The van der Waals surface area contributed by atoms with E-state index in [0.29, 0.717) is 0 Å². The molecule has 4 heteroatoms. The Hall–Kier alpha value is -0.870. The Morgan fingerprint density at radius 2 is 2.20 bits per heavy atom. The first-order chi connectivity index (χ1) is 7.05. The van der Waals surface area contributed by atoms with Gasteiger partial charge in [0.05, 0.1) is 11.3 Å². The molecule has 1 fully saturated rings. The summed E-state index contributed by atoms with van der Waals surface area (Å²) < 4.78 is 5.02. The van der Waals surface area contributed by atoms with Crippen molar-refractivity contribution in [2.24, 2.45) is 0 Å². The molecule has 0 amide bonds. The van der Waals surface area contributed by atoms with Gasteiger partial charge in [-0.15, -0.1) is 0 Å². The molecule has 0 unspecified atom stereocenters. The lowest BCUT2D eigenvalue weighted by Gasteiger charge is -2.35. The first-order valence-electron chi connectivity index (χ1n) is 5.42. The van der Waals surface area contributed by atoms with Gasteiger partial charge in [-0.05, 0) is 26.7 Å². The number of nitrogens with zero attached hydrogens (tertiary/aromatic N) is 2. The second-order valence-electron chi connectivity index (χ2n) is 4.70. The van der Waals surface area contributed by atoms with Crippen molar-refractivity contribution in [3.63, 3.8) is 0 Å². The molecule has 0 aliphatic carbocycles. The molecule has 2 rings (SSSR count). The summed E-state index contributed by atoms with van der Waals surface area (Å²) in [6.07, 6.45) is 1.67. The van der Waals surface area contributed by atoms with Crippen LogP contribution in [0.15, 0.2) is 10.6 Å². The zero-order chi connectivity index (χ0) is 10.9. The topological polar surface area (TPSA) is 49.5 Å². The zero-order valence-electron chi connectivity index (χ0n) is 9.36. The SMILES string of the molecule is Cc1cc(CN2CCC(C)(O)CC2)no1. The summed E-state index contributed by atoms with van der Waals surface area (Å²) in [6, 6.07) is 1.97. The van der Waals surface area contributed by atoms with Gasteiger partial charge in [-0.3, -0.25) is 4.90 Å². The highest BCUT2D eigenvalue weighted by Crippen LogP contribution is 2.22. The van der Waals surface area contributed by atoms with Gasteiger partial charge in [-0.1, -0.05) is 5.16 Å². The van der Waals surface area contributed by atoms with Crippen molar-refractivity contribution in [1.82, 2.24) is 10.1 Å². The number of aryl methyl sites for hydroxylation is 1. The van der Waals surface area contributed by atoms with Gasteiger partial charge in [-0.2, -0.15) is 0 Å². The average Bonchev–Trinajstić information content (AvgIpc) is 2.55. The fourth-order valence-electron chi connectivity index (χ4n) is 1.91. The van der Waals surface area contributed by atoms with Gasteiger partial charge in [0, 0.05) is 25.7 Å². The van der Waals surface area contributed by atoms with E-state index in [1.54, 1.807) is 0 Å². The van der Waals surface area contributed by atoms with E-state index >= 15 is 0 Å². The molecule has 1 aromatic rings. The molecule has 0 saturated carbocycles. The van der Waals surface area contributed by atoms with Crippen molar-refractivity contribution >= 4 is 0 Å². The molecular formula is C11H18N2O2. The molecule has 1 aliphatic heterocycles. The number of aromatic nitrogens is 1. The molecule has 0 radical (unpaired) electrons. The molecule has 1 N–H and O–H groups in total. The Labute approximate surface area is 89.9 Å². The van der Waals surface area contributed by atoms with Crippen LogP contribution in [0.25, 0.3) is 0 Å². The molecule has 0 spiro atoms. The van der Waals surface area contributed by atoms with Crippen LogP contribution >= 0.6 is 0 Å². The predicted molar refractivity (Wildman–Crippen MR) is 56.4 cm³/mol. The number of likely N-dealkylation sites (tertiary alicyclic amines) is 1. The van der Waals surface area contributed by atoms with Crippen molar-refractivity contribution in [2.75, 3.05) is 13.1 Å². The smallest absolute Gasteiger partial charge is 0.133 e. The van der Waals surface area contributed by atoms with Crippen LogP contribution in [0.4, 0.5) is 0 Å². The quantitative estimate of drug-likeness (QED) is 0.800. The van der Waals surface area contributed by atoms with Crippen LogP contribution in [0.5, 0.6) is 0 Å². The van der Waals surface area contributed by atoms with Crippen LogP contribution in [0.1, 0.15) is 31.2 Å². The van der Waals surface area contributed by atoms with E-state index in [9.17, 15) is 5.11 Å². The second-order valence-corrected chi connectivity index (χ2v) is 4.70. The van der Waals surface area contributed by atoms with Crippen LogP contribution in [-0.4, -0.2) is 33.9 Å². The van der Waals surface area contributed by atoms with Gasteiger partial charge < -0.3 is 9.63 Å². The first kappa shape index (κ1) is 10.6. The molecule has 84 valence electrons. The van der Waals surface area contributed by atoms with E-state index in [0.717, 1.165) is 43.9 Å². The van der Waals surface area contributed by atoms with Crippen LogP contribution in [0.3, 0.4) is 0 Å². The average molecular weight is 210 g/mol. The molecule has 15 heavy (non-hydrogen) atoms. The van der Waals surface area contributed by atoms with Gasteiger partial charge in [0.15, 0.2) is 0 Å². The molecule has 0 bridgehead atoms. The lowest BCUT2D eigenvalue weighted by atomic mass is 9.94. The Morgan fingerprint density at radius 3 is 2.73 bits per heavy atom. The highest BCUT2D eigenvalue weighted by Gasteiger charge is 2.27. The van der Waals surface area contributed by atoms with E-state index in [2.05, 4.69) is 10.1 Å². The third-order valence-corrected chi connectivity index (χ3v) is 3.00. The van der Waals surface area contributed by atoms with Crippen LogP contribution in [-0.2, 0) is 6.54 Å². The molecule has 1 aromatic heterocycles. The minimum atomic E-state index is -0.476. The maximum Gasteiger partial charge on any atom is 0.133 e. The van der Waals surface area contributed by atoms with Gasteiger partial charge in [0.25, 0.3) is 0 Å². The van der Waals surface area contributed by atoms with Crippen molar-refractivity contribution in [3.05, 3.63) is 17.5 Å². The number of aliphatic hydroxyl groups is 1. The third-order valence-electron chi connectivity index (χ3n) is 3.00. The van der Waals surface area contributed by atoms with Crippen molar-refractivity contribution in [1.29, 1.82) is 0 Å². The molecule has 1 aliphatic rings. The van der Waals surface area contributed by atoms with Gasteiger partial charge in [0.1, 0.15) is 5.76 Å². The van der Waals surface area contributed by atoms with E-state index < -0.39 is 5.60 Å². The number of hydrogen-bond acceptors (Lipinski definition) is 4. The molecule has 0 atom stereocenters. The summed E-state index contributed by atoms with van der Waals surface area (Å²) in [7, 11) is 0. The maximum absolute atomic E-state index is 9.80. The second kappa shape index (κ2) is 3.94. The van der Waals surface area contributed by atoms with Gasteiger partial charge in [-0.25, -0.2) is 0 Å². The Bertz CT molecular complexity index is 323. The summed E-state index contributed by atoms with van der Waals surface area (Å²) in [5, 5.41) is 13.8. The number of rotatable bonds is 2. The van der Waals surface area contributed by atoms with Crippen LogP contribution in [0.2, 0.25) is 0 Å². The summed E-state index contributed by atoms with van der Waals surface area (Å²) in [4.78, 5) is 2.30. The largest absolute Gasteiger partial charge is 0.390 e. The molecule has 2 heterocycles. The molecule has 4 nitrogen and oxygen atoms in total. The lowest BCUT2D eigenvalue weighted by Crippen LogP contribution is -2.41. The van der Waals surface area contributed by atoms with Crippen molar-refractivity contribution in [2.45, 2.75) is 38.8 Å². The normalized spacial score (nSPS) is 21.8. The standard InChI is InChI=1S/C11H18N2O2/c1-9-7-10(12-15-9)8-13-5-3-11(2,14)4-6-13/h7,14H,3-6,8H2,1-2H3.